The van der Waals surface area contributed by atoms with Crippen molar-refractivity contribution in [3.8, 4) is 0 Å². The van der Waals surface area contributed by atoms with Crippen molar-refractivity contribution >= 4 is 46.6 Å². The molecule has 2 aliphatic rings. The van der Waals surface area contributed by atoms with Crippen molar-refractivity contribution in [2.45, 2.75) is 19.0 Å². The Hall–Kier alpha value is -2.85. The highest BCUT2D eigenvalue weighted by Gasteiger charge is 2.30. The Balaban J connectivity index is 1.92. The van der Waals surface area contributed by atoms with Crippen molar-refractivity contribution in [3.63, 3.8) is 0 Å². The van der Waals surface area contributed by atoms with E-state index in [1.807, 2.05) is 17.2 Å². The van der Waals surface area contributed by atoms with Crippen molar-refractivity contribution in [2.24, 2.45) is 15.7 Å². The fourth-order valence-electron chi connectivity index (χ4n) is 3.43. The topological polar surface area (TPSA) is 119 Å². The first-order valence-corrected chi connectivity index (χ1v) is 9.96. The molecule has 0 aliphatic carbocycles. The fourth-order valence-corrected chi connectivity index (χ4v) is 3.83. The lowest BCUT2D eigenvalue weighted by atomic mass is 9.98. The van der Waals surface area contributed by atoms with Crippen molar-refractivity contribution < 1.29 is 0 Å². The Morgan fingerprint density at radius 3 is 3.03 bits per heavy atom. The van der Waals surface area contributed by atoms with Crippen LogP contribution in [-0.2, 0) is 0 Å². The van der Waals surface area contributed by atoms with Crippen LogP contribution in [0.1, 0.15) is 12.7 Å². The third-order valence-corrected chi connectivity index (χ3v) is 5.26. The summed E-state index contributed by atoms with van der Waals surface area (Å²) in [6.07, 6.45) is 9.82. The van der Waals surface area contributed by atoms with Gasteiger partial charge in [0.25, 0.3) is 0 Å². The van der Waals surface area contributed by atoms with Crippen molar-refractivity contribution in [3.05, 3.63) is 46.9 Å². The predicted molar refractivity (Wildman–Crippen MR) is 121 cm³/mol. The van der Waals surface area contributed by atoms with E-state index in [0.717, 1.165) is 30.2 Å². The van der Waals surface area contributed by atoms with Crippen LogP contribution in [0.15, 0.2) is 51.0 Å². The molecule has 0 amide bonds. The quantitative estimate of drug-likeness (QED) is 0.441. The van der Waals surface area contributed by atoms with Crippen molar-refractivity contribution in [2.75, 3.05) is 24.5 Å². The lowest BCUT2D eigenvalue weighted by Gasteiger charge is -2.41. The van der Waals surface area contributed by atoms with E-state index in [9.17, 15) is 0 Å². The molecule has 4 N–H and O–H groups in total. The maximum absolute atomic E-state index is 7.62. The highest BCUT2D eigenvalue weighted by atomic mass is 79.9. The van der Waals surface area contributed by atoms with Crippen LogP contribution >= 0.6 is 15.9 Å². The number of nitrogens with two attached hydrogens (primary N) is 1. The van der Waals surface area contributed by atoms with E-state index in [0.29, 0.717) is 17.0 Å². The molecule has 3 heterocycles. The minimum atomic E-state index is -0.0493. The van der Waals surface area contributed by atoms with Crippen LogP contribution in [0.5, 0.6) is 0 Å². The Morgan fingerprint density at radius 1 is 1.52 bits per heavy atom. The molecule has 152 valence electrons. The van der Waals surface area contributed by atoms with E-state index in [1.165, 1.54) is 12.4 Å². The third kappa shape index (κ3) is 4.60. The van der Waals surface area contributed by atoms with Gasteiger partial charge >= 0.3 is 0 Å². The second-order valence-electron chi connectivity index (χ2n) is 6.53. The van der Waals surface area contributed by atoms with E-state index in [-0.39, 0.29) is 12.1 Å². The molecule has 1 aromatic rings. The van der Waals surface area contributed by atoms with Gasteiger partial charge in [-0.2, -0.15) is 0 Å². The Labute approximate surface area is 178 Å². The van der Waals surface area contributed by atoms with Gasteiger partial charge in [0.1, 0.15) is 16.1 Å². The number of hydrogen-bond donors (Lipinski definition) is 3. The van der Waals surface area contributed by atoms with Crippen molar-refractivity contribution in [1.82, 2.24) is 20.2 Å². The van der Waals surface area contributed by atoms with Gasteiger partial charge in [-0.25, -0.2) is 9.97 Å². The summed E-state index contributed by atoms with van der Waals surface area (Å²) in [5.41, 5.74) is 7.18. The molecule has 1 aromatic heterocycles. The molecule has 9 nitrogen and oxygen atoms in total. The number of nitrogens with one attached hydrogen (secondary N) is 2. The van der Waals surface area contributed by atoms with Gasteiger partial charge in [0.15, 0.2) is 5.82 Å². The monoisotopic (exact) mass is 457 g/mol. The zero-order valence-electron chi connectivity index (χ0n) is 16.2. The molecule has 0 aromatic carbocycles. The fraction of sp³-hybridized carbons (Fsp3) is 0.316. The van der Waals surface area contributed by atoms with Crippen LogP contribution in [0.25, 0.3) is 5.70 Å². The first-order chi connectivity index (χ1) is 14.1. The molecule has 10 heteroatoms. The molecule has 2 aliphatic heterocycles. The summed E-state index contributed by atoms with van der Waals surface area (Å²) in [5.74, 6) is 1.35. The van der Waals surface area contributed by atoms with E-state index in [2.05, 4.69) is 54.8 Å². The van der Waals surface area contributed by atoms with Gasteiger partial charge in [-0.15, -0.1) is 0 Å². The average Bonchev–Trinajstić information content (AvgIpc) is 2.74. The normalized spacial score (nSPS) is 23.0. The number of piperazine rings is 1. The number of anilines is 1. The molecule has 0 spiro atoms. The summed E-state index contributed by atoms with van der Waals surface area (Å²) in [6, 6.07) is 1.90. The number of nitrogens with zero attached hydrogens (tertiary/aromatic N) is 6. The average molecular weight is 458 g/mol. The van der Waals surface area contributed by atoms with Gasteiger partial charge in [0.2, 0.25) is 0 Å². The van der Waals surface area contributed by atoms with Gasteiger partial charge in [-0.05, 0) is 35.6 Å². The molecule has 0 bridgehead atoms. The molecule has 29 heavy (non-hydrogen) atoms. The third-order valence-electron chi connectivity index (χ3n) is 4.85. The van der Waals surface area contributed by atoms with Gasteiger partial charge in [0.05, 0.1) is 18.8 Å². The summed E-state index contributed by atoms with van der Waals surface area (Å²) in [4.78, 5) is 21.6. The first kappa shape index (κ1) is 20.9. The smallest absolute Gasteiger partial charge is 0.179 e. The molecule has 2 unspecified atom stereocenters. The summed E-state index contributed by atoms with van der Waals surface area (Å²) in [5, 5.41) is 11.0. The number of halogens is 1. The molecule has 0 radical (unpaired) electrons. The molecular formula is C19H24BrN9. The van der Waals surface area contributed by atoms with E-state index in [1.54, 1.807) is 18.6 Å². The van der Waals surface area contributed by atoms with Crippen LogP contribution in [-0.4, -0.2) is 65.7 Å². The summed E-state index contributed by atoms with van der Waals surface area (Å²) >= 11 is 3.40. The Kier molecular flexibility index (Phi) is 6.89. The van der Waals surface area contributed by atoms with Crippen LogP contribution in [0.2, 0.25) is 0 Å². The SMILES string of the molecule is C=N/C=C(/c1nccc(N2CCNC(/C(C=N)=C/N)C2C)n1)N1C=C(Br)N=CC1. The van der Waals surface area contributed by atoms with Crippen LogP contribution in [0, 0.1) is 5.41 Å². The van der Waals surface area contributed by atoms with Crippen LogP contribution in [0.4, 0.5) is 5.82 Å². The standard InChI is InChI=1S/C19H24BrN9/c1-13-18(14(9-21)10-22)25-6-8-29(13)17-3-4-26-19(27-17)15(11-23-2)28-7-5-24-16(20)12-28/h3-5,9-13,18,21,25H,2,6-8,22H2,1H3/b14-10+,15-11-,21-9?. The van der Waals surface area contributed by atoms with Crippen LogP contribution in [0.3, 0.4) is 0 Å². The maximum atomic E-state index is 7.62. The molecule has 0 saturated carbocycles. The molecular weight excluding hydrogens is 434 g/mol. The van der Waals surface area contributed by atoms with Gasteiger partial charge < -0.3 is 26.3 Å². The minimum absolute atomic E-state index is 0.0493. The van der Waals surface area contributed by atoms with Gasteiger partial charge in [0, 0.05) is 55.7 Å². The van der Waals surface area contributed by atoms with Crippen molar-refractivity contribution in [1.29, 1.82) is 5.41 Å². The number of aliphatic imine (C=N–C) groups is 2. The summed E-state index contributed by atoms with van der Waals surface area (Å²) in [6.45, 7) is 7.80. The maximum Gasteiger partial charge on any atom is 0.179 e. The Morgan fingerprint density at radius 2 is 2.34 bits per heavy atom. The second kappa shape index (κ2) is 9.57. The highest BCUT2D eigenvalue weighted by molar-refractivity contribution is 9.11. The zero-order valence-corrected chi connectivity index (χ0v) is 17.7. The molecule has 3 rings (SSSR count). The van der Waals surface area contributed by atoms with Gasteiger partial charge in [-0.1, -0.05) is 0 Å². The molecule has 1 fully saturated rings. The predicted octanol–water partition coefficient (Wildman–Crippen LogP) is 1.71. The van der Waals surface area contributed by atoms with E-state index < -0.39 is 0 Å². The largest absolute Gasteiger partial charge is 0.404 e. The minimum Gasteiger partial charge on any atom is -0.404 e. The first-order valence-electron chi connectivity index (χ1n) is 9.17. The van der Waals surface area contributed by atoms with E-state index in [4.69, 9.17) is 16.1 Å². The lowest BCUT2D eigenvalue weighted by Crippen LogP contribution is -2.58. The lowest BCUT2D eigenvalue weighted by molar-refractivity contribution is 0.424. The Bertz CT molecular complexity index is 889. The number of rotatable bonds is 6. The number of hydrogen-bond acceptors (Lipinski definition) is 9. The summed E-state index contributed by atoms with van der Waals surface area (Å²) in [7, 11) is 0. The van der Waals surface area contributed by atoms with Crippen LogP contribution < -0.4 is 16.0 Å². The molecule has 1 saturated heterocycles. The molecule has 2 atom stereocenters. The number of aromatic nitrogens is 2. The van der Waals surface area contributed by atoms with Gasteiger partial charge in [-0.3, -0.25) is 9.98 Å². The second-order valence-corrected chi connectivity index (χ2v) is 7.34. The van der Waals surface area contributed by atoms with E-state index >= 15 is 0 Å². The highest BCUT2D eigenvalue weighted by Crippen LogP contribution is 2.25. The zero-order chi connectivity index (χ0) is 20.8. The summed E-state index contributed by atoms with van der Waals surface area (Å²) < 4.78 is 0.709.